The largest absolute Gasteiger partial charge is 0.462 e. The van der Waals surface area contributed by atoms with E-state index in [1.165, 1.54) is 14.0 Å². The van der Waals surface area contributed by atoms with Crippen LogP contribution < -0.4 is 0 Å². The molecule has 22 heteroatoms. The first-order valence-electron chi connectivity index (χ1n) is 28.5. The summed E-state index contributed by atoms with van der Waals surface area (Å²) in [6.45, 7) is 11.9. The van der Waals surface area contributed by atoms with Crippen molar-refractivity contribution in [3.63, 3.8) is 0 Å². The highest BCUT2D eigenvalue weighted by Gasteiger charge is 2.77. The number of benzene rings is 1. The fourth-order valence-corrected chi connectivity index (χ4v) is 15.7. The molecule has 448 valence electrons. The van der Waals surface area contributed by atoms with Crippen molar-refractivity contribution in [1.29, 1.82) is 0 Å². The lowest BCUT2D eigenvalue weighted by molar-refractivity contribution is -0.373. The van der Waals surface area contributed by atoms with Gasteiger partial charge in [-0.3, -0.25) is 4.79 Å². The lowest BCUT2D eigenvalue weighted by atomic mass is 9.42. The Labute approximate surface area is 462 Å². The van der Waals surface area contributed by atoms with E-state index in [1.807, 2.05) is 13.8 Å². The molecule has 9 rings (SSSR count). The van der Waals surface area contributed by atoms with Gasteiger partial charge < -0.3 is 97.3 Å². The standard InChI is InChI=1S/C57H88O22/c1-27-47(77-42-25-38(68-9)48(28(2)71-42)78-53-46(63)50(69-10)49(29(3)72-53)79-52-45(62)44(61)43(60)39(26-58)76-52)37(67-8)24-41(70-27)75-34-18-19-54(6)33(22-34)16-17-35-36(54)23-40(74-31(5)59)55(7)56(65,20-21-57(35,55)66)30(4)73-51(64)32-14-12-11-13-15-32/h11-15,27-30,33-50,52-53,58,60-63,65-66H,16-26H2,1-10H3/t27-,28-,29-,30?,33+,34+,35-,36+,37+,38-,39-,40-,41+,42+,43-,44+,45-,46-,47-,48-,49-,50+,52+,53+,54+,55-,56-,57+/m1/s1. The van der Waals surface area contributed by atoms with E-state index < -0.39 is 158 Å². The number of hydrogen-bond donors (Lipinski definition) is 7. The van der Waals surface area contributed by atoms with Crippen LogP contribution in [0.5, 0.6) is 0 Å². The van der Waals surface area contributed by atoms with Gasteiger partial charge in [0, 0.05) is 41.1 Å². The lowest BCUT2D eigenvalue weighted by Gasteiger charge is -2.66. The van der Waals surface area contributed by atoms with Gasteiger partial charge in [0.1, 0.15) is 72.7 Å². The van der Waals surface area contributed by atoms with Gasteiger partial charge in [-0.15, -0.1) is 0 Å². The van der Waals surface area contributed by atoms with Crippen LogP contribution in [0, 0.1) is 28.6 Å². The SMILES string of the molecule is CO[C@H]1[C@@H](O)[C@H](O[C@@H]2[C@@H](C)O[C@@H](O[C@H]3[C@@H](OC)C[C@H](O[C@H]4CC[C@@]5(C)[C@@H](CC[C@@H]6[C@@H]5C[C@@H](OC(C)=O)[C@]5(C)[C@](O)(C(C)OC(=O)c7ccccc7)CC[C@]65O)C4)O[C@@H]3C)C[C@H]2OC)O[C@H](C)[C@H]1O[C@@H]1O[C@H](CO)[C@@H](O)[C@H](O)[C@H]1O. The minimum absolute atomic E-state index is 0.0206. The summed E-state index contributed by atoms with van der Waals surface area (Å²) in [4.78, 5) is 26.2. The Balaban J connectivity index is 0.792. The molecule has 4 heterocycles. The molecule has 8 aliphatic rings. The van der Waals surface area contributed by atoms with Gasteiger partial charge in [-0.05, 0) is 114 Å². The fourth-order valence-electron chi connectivity index (χ4n) is 15.7. The molecule has 79 heavy (non-hydrogen) atoms. The smallest absolute Gasteiger partial charge is 0.338 e. The first kappa shape index (κ1) is 61.0. The predicted octanol–water partition coefficient (Wildman–Crippen LogP) is 2.42. The molecule has 1 aromatic rings. The molecule has 4 aliphatic heterocycles. The molecule has 4 saturated heterocycles. The molecule has 22 nitrogen and oxygen atoms in total. The zero-order valence-corrected chi connectivity index (χ0v) is 47.3. The number of rotatable bonds is 16. The third-order valence-electron chi connectivity index (χ3n) is 20.3. The summed E-state index contributed by atoms with van der Waals surface area (Å²) in [6.07, 6.45) is -14.5. The van der Waals surface area contributed by atoms with Gasteiger partial charge >= 0.3 is 11.9 Å². The lowest BCUT2D eigenvalue weighted by Crippen LogP contribution is -2.72. The van der Waals surface area contributed by atoms with Gasteiger partial charge in [-0.25, -0.2) is 4.79 Å². The van der Waals surface area contributed by atoms with Crippen LogP contribution in [0.2, 0.25) is 0 Å². The molecule has 0 spiro atoms. The second-order valence-electron chi connectivity index (χ2n) is 24.3. The van der Waals surface area contributed by atoms with Crippen LogP contribution in [0.25, 0.3) is 0 Å². The van der Waals surface area contributed by atoms with E-state index in [0.29, 0.717) is 24.8 Å². The molecule has 4 aliphatic carbocycles. The van der Waals surface area contributed by atoms with Crippen molar-refractivity contribution in [2.45, 2.75) is 253 Å². The van der Waals surface area contributed by atoms with E-state index in [1.54, 1.807) is 65.3 Å². The molecule has 0 amide bonds. The summed E-state index contributed by atoms with van der Waals surface area (Å²) >= 11 is 0. The number of esters is 2. The number of hydrogen-bond acceptors (Lipinski definition) is 22. The van der Waals surface area contributed by atoms with Crippen molar-refractivity contribution < 1.29 is 107 Å². The van der Waals surface area contributed by atoms with Crippen molar-refractivity contribution in [3.05, 3.63) is 35.9 Å². The second kappa shape index (κ2) is 24.2. The van der Waals surface area contributed by atoms with Crippen LogP contribution in [0.15, 0.2) is 30.3 Å². The molecule has 28 atom stereocenters. The van der Waals surface area contributed by atoms with E-state index in [9.17, 15) is 45.3 Å². The number of ether oxygens (including phenoxy) is 13. The first-order valence-corrected chi connectivity index (χ1v) is 28.5. The van der Waals surface area contributed by atoms with E-state index in [0.717, 1.165) is 25.7 Å². The monoisotopic (exact) mass is 1120 g/mol. The summed E-state index contributed by atoms with van der Waals surface area (Å²) in [5.74, 6) is -1.05. The highest BCUT2D eigenvalue weighted by atomic mass is 16.8. The van der Waals surface area contributed by atoms with Gasteiger partial charge in [-0.1, -0.05) is 32.0 Å². The predicted molar refractivity (Wildman–Crippen MR) is 274 cm³/mol. The molecule has 0 aromatic heterocycles. The minimum atomic E-state index is -1.68. The van der Waals surface area contributed by atoms with Crippen LogP contribution >= 0.6 is 0 Å². The fraction of sp³-hybridized carbons (Fsp3) is 0.860. The molecule has 0 bridgehead atoms. The molecule has 8 fully saturated rings. The maximum absolute atomic E-state index is 13.3. The number of methoxy groups -OCH3 is 3. The summed E-state index contributed by atoms with van der Waals surface area (Å²) < 4.78 is 80.3. The third kappa shape index (κ3) is 11.1. The molecule has 0 radical (unpaired) electrons. The van der Waals surface area contributed by atoms with Crippen LogP contribution in [0.3, 0.4) is 0 Å². The van der Waals surface area contributed by atoms with Crippen molar-refractivity contribution in [1.82, 2.24) is 0 Å². The highest BCUT2D eigenvalue weighted by Crippen LogP contribution is 2.71. The topological polar surface area (TPSA) is 296 Å². The Kier molecular flexibility index (Phi) is 18.7. The minimum Gasteiger partial charge on any atom is -0.462 e. The van der Waals surface area contributed by atoms with Crippen molar-refractivity contribution in [2.24, 2.45) is 28.6 Å². The maximum atomic E-state index is 13.3. The first-order chi connectivity index (χ1) is 37.5. The van der Waals surface area contributed by atoms with Crippen LogP contribution in [-0.2, 0) is 66.4 Å². The second-order valence-corrected chi connectivity index (χ2v) is 24.3. The Bertz CT molecular complexity index is 2210. The normalized spacial score (nSPS) is 49.4. The van der Waals surface area contributed by atoms with E-state index in [2.05, 4.69) is 6.92 Å². The number of carbonyl (C=O) groups excluding carboxylic acids is 2. The van der Waals surface area contributed by atoms with Gasteiger partial charge in [-0.2, -0.15) is 0 Å². The molecule has 4 saturated carbocycles. The maximum Gasteiger partial charge on any atom is 0.338 e. The van der Waals surface area contributed by atoms with Gasteiger partial charge in [0.15, 0.2) is 25.2 Å². The summed E-state index contributed by atoms with van der Waals surface area (Å²) in [7, 11) is 4.54. The van der Waals surface area contributed by atoms with E-state index >= 15 is 0 Å². The van der Waals surface area contributed by atoms with E-state index in [-0.39, 0.29) is 48.5 Å². The van der Waals surface area contributed by atoms with Gasteiger partial charge in [0.2, 0.25) is 0 Å². The van der Waals surface area contributed by atoms with Crippen molar-refractivity contribution >= 4 is 11.9 Å². The molecule has 1 aromatic carbocycles. The van der Waals surface area contributed by atoms with Crippen LogP contribution in [0.1, 0.15) is 123 Å². The Morgan fingerprint density at radius 2 is 1.27 bits per heavy atom. The van der Waals surface area contributed by atoms with Crippen molar-refractivity contribution in [2.75, 3.05) is 27.9 Å². The van der Waals surface area contributed by atoms with Crippen LogP contribution in [0.4, 0.5) is 0 Å². The van der Waals surface area contributed by atoms with Gasteiger partial charge in [0.25, 0.3) is 0 Å². The highest BCUT2D eigenvalue weighted by molar-refractivity contribution is 5.89. The summed E-state index contributed by atoms with van der Waals surface area (Å²) in [5.41, 5.74) is -4.30. The Morgan fingerprint density at radius 3 is 1.89 bits per heavy atom. The zero-order valence-electron chi connectivity index (χ0n) is 47.3. The van der Waals surface area contributed by atoms with Crippen LogP contribution in [-0.4, -0.2) is 216 Å². The average molecular weight is 1130 g/mol. The quantitative estimate of drug-likeness (QED) is 0.0924. The average Bonchev–Trinajstić information content (AvgIpc) is 2.28. The Hall–Kier alpha value is -2.56. The van der Waals surface area contributed by atoms with Gasteiger partial charge in [0.05, 0.1) is 59.8 Å². The van der Waals surface area contributed by atoms with Crippen molar-refractivity contribution in [3.8, 4) is 0 Å². The number of fused-ring (bicyclic) bond motifs is 5. The number of aliphatic hydroxyl groups is 7. The number of carbonyl (C=O) groups is 2. The number of aliphatic hydroxyl groups excluding tert-OH is 5. The molecule has 1 unspecified atom stereocenters. The summed E-state index contributed by atoms with van der Waals surface area (Å²) in [5, 5.41) is 78.3. The van der Waals surface area contributed by atoms with E-state index in [4.69, 9.17) is 61.6 Å². The Morgan fingerprint density at radius 1 is 0.658 bits per heavy atom. The molecule has 7 N–H and O–H groups in total. The molecular formula is C57H88O22. The zero-order chi connectivity index (χ0) is 57.1. The summed E-state index contributed by atoms with van der Waals surface area (Å²) in [6, 6.07) is 8.60. The third-order valence-corrected chi connectivity index (χ3v) is 20.3. The molecular weight excluding hydrogens is 1040 g/mol.